The second-order valence-electron chi connectivity index (χ2n) is 19.9. The number of carbonyl (C=O) groups is 5. The Morgan fingerprint density at radius 2 is 1.39 bits per heavy atom. The van der Waals surface area contributed by atoms with Gasteiger partial charge in [0.25, 0.3) is 0 Å². The highest BCUT2D eigenvalue weighted by Gasteiger charge is 2.65. The minimum absolute atomic E-state index is 0.00111. The summed E-state index contributed by atoms with van der Waals surface area (Å²) >= 11 is 0. The molecule has 4 unspecified atom stereocenters. The molecule has 0 spiro atoms. The van der Waals surface area contributed by atoms with E-state index in [4.69, 9.17) is 24.7 Å². The molecule has 4 aliphatic rings. The minimum Gasteiger partial charge on any atom is -0.480 e. The molecule has 12 atom stereocenters. The first-order valence-corrected chi connectivity index (χ1v) is 24.5. The average molecular weight is 910 g/mol. The van der Waals surface area contributed by atoms with Gasteiger partial charge in [0.2, 0.25) is 11.8 Å². The molecule has 64 heavy (non-hydrogen) atoms. The summed E-state index contributed by atoms with van der Waals surface area (Å²) in [6.07, 6.45) is 10.0. The standard InChI is InChI=1S/C48H83N3O13/c1-32(37-13-14-38-45-39(29-42(56)48(37,38)3)47(2)18-17-35(53)27-33(47)28-41(45)55)11-16-43(57)51-40(46(59)60)15-12-34(52)10-8-21-61-23-26-64-31-44(58)50-20-22-62-24-25-63-30-36(54)9-6-4-5-7-19-49/h32-33,35,37-42,45,53,55-56H,4-31,49H2,1-3H3,(H,50,58)(H,51,57)(H,59,60)/t32-,33+,35-,37?,38+,39?,40?,41-,42+,45?,47+,48-/m1/s1. The van der Waals surface area contributed by atoms with E-state index in [0.29, 0.717) is 71.6 Å². The molecule has 8 N–H and O–H groups in total. The van der Waals surface area contributed by atoms with Gasteiger partial charge in [-0.05, 0) is 130 Å². The first-order chi connectivity index (χ1) is 30.6. The Hall–Kier alpha value is -2.57. The summed E-state index contributed by atoms with van der Waals surface area (Å²) in [5, 5.41) is 49.0. The Bertz CT molecular complexity index is 1470. The number of carbonyl (C=O) groups excluding carboxylic acids is 4. The van der Waals surface area contributed by atoms with Crippen molar-refractivity contribution in [3.05, 3.63) is 0 Å². The molecule has 0 aromatic rings. The Balaban J connectivity index is 1.01. The molecular weight excluding hydrogens is 827 g/mol. The molecule has 0 aliphatic heterocycles. The van der Waals surface area contributed by atoms with Crippen molar-refractivity contribution in [1.29, 1.82) is 0 Å². The second-order valence-corrected chi connectivity index (χ2v) is 19.9. The number of ketones is 2. The van der Waals surface area contributed by atoms with Crippen LogP contribution in [0.25, 0.3) is 0 Å². The zero-order valence-corrected chi connectivity index (χ0v) is 39.1. The number of aliphatic hydroxyl groups excluding tert-OH is 3. The van der Waals surface area contributed by atoms with Gasteiger partial charge in [-0.3, -0.25) is 19.2 Å². The molecular formula is C48H83N3O13. The molecule has 16 heteroatoms. The second kappa shape index (κ2) is 27.3. The number of aliphatic carboxylic acids is 1. The number of aliphatic hydroxyl groups is 3. The molecule has 0 bridgehead atoms. The van der Waals surface area contributed by atoms with Gasteiger partial charge in [0.15, 0.2) is 5.78 Å². The van der Waals surface area contributed by atoms with Crippen LogP contribution in [-0.4, -0.2) is 140 Å². The van der Waals surface area contributed by atoms with Gasteiger partial charge in [0.05, 0.1) is 51.3 Å². The SMILES string of the molecule is C[C@H](CCC(=O)NC(CCC(=O)CCCOCCOCC(=O)NCCOCCOCC(=O)CCCCCCN)C(=O)O)C1CC[C@H]2C3C(C[C@H](O)[C@]12C)[C@@]1(C)CC[C@@H](O)C[C@H]1C[C@H]3O. The summed E-state index contributed by atoms with van der Waals surface area (Å²) in [6, 6.07) is -1.18. The van der Waals surface area contributed by atoms with Crippen molar-refractivity contribution in [2.45, 2.75) is 161 Å². The summed E-state index contributed by atoms with van der Waals surface area (Å²) in [4.78, 5) is 61.4. The third-order valence-electron chi connectivity index (χ3n) is 15.7. The number of rotatable bonds is 32. The molecule has 0 aromatic carbocycles. The van der Waals surface area contributed by atoms with Gasteiger partial charge in [-0.15, -0.1) is 0 Å². The van der Waals surface area contributed by atoms with Crippen molar-refractivity contribution in [3.63, 3.8) is 0 Å². The third kappa shape index (κ3) is 15.8. The van der Waals surface area contributed by atoms with Gasteiger partial charge in [0, 0.05) is 38.8 Å². The van der Waals surface area contributed by atoms with Gasteiger partial charge < -0.3 is 55.7 Å². The van der Waals surface area contributed by atoms with E-state index < -0.39 is 24.2 Å². The predicted octanol–water partition coefficient (Wildman–Crippen LogP) is 3.72. The van der Waals surface area contributed by atoms with Crippen LogP contribution in [-0.2, 0) is 42.9 Å². The summed E-state index contributed by atoms with van der Waals surface area (Å²) < 4.78 is 21.6. The van der Waals surface area contributed by atoms with E-state index in [0.717, 1.165) is 57.8 Å². The van der Waals surface area contributed by atoms with Crippen LogP contribution in [0.15, 0.2) is 0 Å². The van der Waals surface area contributed by atoms with Crippen LogP contribution >= 0.6 is 0 Å². The first-order valence-electron chi connectivity index (χ1n) is 24.5. The smallest absolute Gasteiger partial charge is 0.326 e. The number of nitrogens with one attached hydrogen (secondary N) is 2. The lowest BCUT2D eigenvalue weighted by atomic mass is 9.43. The van der Waals surface area contributed by atoms with E-state index in [1.807, 2.05) is 0 Å². The maximum Gasteiger partial charge on any atom is 0.326 e. The van der Waals surface area contributed by atoms with Gasteiger partial charge in [-0.2, -0.15) is 0 Å². The van der Waals surface area contributed by atoms with Crippen LogP contribution in [0.3, 0.4) is 0 Å². The number of amides is 2. The lowest BCUT2D eigenvalue weighted by Gasteiger charge is -2.63. The summed E-state index contributed by atoms with van der Waals surface area (Å²) in [5.74, 6) is -0.882. The van der Waals surface area contributed by atoms with Crippen LogP contribution in [0.2, 0.25) is 0 Å². The van der Waals surface area contributed by atoms with Crippen LogP contribution in [0.1, 0.15) is 136 Å². The monoisotopic (exact) mass is 910 g/mol. The Kier molecular flexibility index (Phi) is 23.0. The molecule has 368 valence electrons. The number of unbranched alkanes of at least 4 members (excludes halogenated alkanes) is 3. The number of fused-ring (bicyclic) bond motifs is 5. The van der Waals surface area contributed by atoms with E-state index in [1.165, 1.54) is 0 Å². The lowest BCUT2D eigenvalue weighted by molar-refractivity contribution is -0.207. The fraction of sp³-hybridized carbons (Fsp3) is 0.896. The average Bonchev–Trinajstić information content (AvgIpc) is 3.62. The van der Waals surface area contributed by atoms with Crippen molar-refractivity contribution >= 4 is 29.4 Å². The third-order valence-corrected chi connectivity index (χ3v) is 15.7. The zero-order chi connectivity index (χ0) is 46.7. The van der Waals surface area contributed by atoms with Crippen molar-refractivity contribution in [1.82, 2.24) is 10.6 Å². The Morgan fingerprint density at radius 1 is 0.703 bits per heavy atom. The lowest BCUT2D eigenvalue weighted by Crippen LogP contribution is -2.62. The molecule has 2 amide bonds. The van der Waals surface area contributed by atoms with Crippen molar-refractivity contribution in [3.8, 4) is 0 Å². The minimum atomic E-state index is -1.19. The fourth-order valence-electron chi connectivity index (χ4n) is 12.0. The highest BCUT2D eigenvalue weighted by Crippen LogP contribution is 2.68. The number of Topliss-reactive ketones (excluding diaryl/α,β-unsaturated/α-hetero) is 2. The first kappa shape index (κ1) is 54.0. The summed E-state index contributed by atoms with van der Waals surface area (Å²) in [7, 11) is 0. The van der Waals surface area contributed by atoms with E-state index in [9.17, 15) is 44.4 Å². The van der Waals surface area contributed by atoms with Gasteiger partial charge in [-0.1, -0.05) is 33.6 Å². The summed E-state index contributed by atoms with van der Waals surface area (Å²) in [6.45, 7) is 9.20. The normalized spacial score (nSPS) is 30.7. The summed E-state index contributed by atoms with van der Waals surface area (Å²) in [5.41, 5.74) is 5.08. The van der Waals surface area contributed by atoms with Crippen LogP contribution in [0.5, 0.6) is 0 Å². The van der Waals surface area contributed by atoms with Crippen LogP contribution in [0.4, 0.5) is 0 Å². The predicted molar refractivity (Wildman–Crippen MR) is 239 cm³/mol. The van der Waals surface area contributed by atoms with E-state index in [1.54, 1.807) is 0 Å². The van der Waals surface area contributed by atoms with Crippen LogP contribution < -0.4 is 16.4 Å². The number of hydrogen-bond donors (Lipinski definition) is 7. The van der Waals surface area contributed by atoms with Crippen molar-refractivity contribution in [2.75, 3.05) is 65.9 Å². The topological polar surface area (TPSA) is 253 Å². The van der Waals surface area contributed by atoms with Gasteiger partial charge in [0.1, 0.15) is 25.0 Å². The van der Waals surface area contributed by atoms with E-state index in [-0.39, 0.29) is 128 Å². The number of carboxylic acid groups (broad SMARTS) is 1. The molecule has 0 saturated heterocycles. The molecule has 4 saturated carbocycles. The largest absolute Gasteiger partial charge is 0.480 e. The van der Waals surface area contributed by atoms with Gasteiger partial charge >= 0.3 is 5.97 Å². The molecule has 4 fully saturated rings. The quantitative estimate of drug-likeness (QED) is 0.0476. The highest BCUT2D eigenvalue weighted by atomic mass is 16.5. The molecule has 4 aliphatic carbocycles. The van der Waals surface area contributed by atoms with Crippen molar-refractivity contribution in [2.24, 2.45) is 52.1 Å². The maximum absolute atomic E-state index is 13.1. The van der Waals surface area contributed by atoms with Crippen LogP contribution in [0, 0.1) is 46.3 Å². The highest BCUT2D eigenvalue weighted by molar-refractivity contribution is 5.84. The van der Waals surface area contributed by atoms with E-state index in [2.05, 4.69) is 31.4 Å². The van der Waals surface area contributed by atoms with Crippen molar-refractivity contribution < 1.29 is 63.3 Å². The maximum atomic E-state index is 13.1. The molecule has 16 nitrogen and oxygen atoms in total. The molecule has 0 radical (unpaired) electrons. The molecule has 0 aromatic heterocycles. The number of ether oxygens (including phenoxy) is 4. The Labute approximate surface area is 381 Å². The zero-order valence-electron chi connectivity index (χ0n) is 39.1. The molecule has 0 heterocycles. The number of nitrogens with two attached hydrogens (primary N) is 1. The number of hydrogen-bond acceptors (Lipinski definition) is 13. The Morgan fingerprint density at radius 3 is 2.12 bits per heavy atom. The van der Waals surface area contributed by atoms with E-state index >= 15 is 0 Å². The fourth-order valence-corrected chi connectivity index (χ4v) is 12.0. The van der Waals surface area contributed by atoms with Gasteiger partial charge in [-0.25, -0.2) is 4.79 Å². The number of carboxylic acids is 1. The molecule has 4 rings (SSSR count).